The molecule has 0 radical (unpaired) electrons. The van der Waals surface area contributed by atoms with Gasteiger partial charge in [0.25, 0.3) is 6.43 Å². The molecule has 5 nitrogen and oxygen atoms in total. The summed E-state index contributed by atoms with van der Waals surface area (Å²) >= 11 is 0. The zero-order chi connectivity index (χ0) is 24.6. The first kappa shape index (κ1) is 24.4. The van der Waals surface area contributed by atoms with E-state index in [4.69, 9.17) is 4.74 Å². The minimum atomic E-state index is -4.55. The van der Waals surface area contributed by atoms with Crippen LogP contribution in [-0.2, 0) is 6.18 Å². The second-order valence-corrected chi connectivity index (χ2v) is 9.14. The summed E-state index contributed by atoms with van der Waals surface area (Å²) in [6, 6.07) is 5.39. The number of halogens is 5. The third-order valence-electron chi connectivity index (χ3n) is 6.19. The molecule has 0 spiro atoms. The first-order valence-electron chi connectivity index (χ1n) is 11.2. The molecule has 3 aromatic rings. The van der Waals surface area contributed by atoms with E-state index in [1.165, 1.54) is 29.2 Å². The van der Waals surface area contributed by atoms with Crippen LogP contribution in [0, 0.1) is 0 Å². The Labute approximate surface area is 194 Å². The Kier molecular flexibility index (Phi) is 6.80. The fraction of sp³-hybridized carbons (Fsp3) is 0.500. The van der Waals surface area contributed by atoms with Crippen molar-refractivity contribution in [3.8, 4) is 5.75 Å². The minimum Gasteiger partial charge on any atom is -0.492 e. The van der Waals surface area contributed by atoms with E-state index >= 15 is 0 Å². The molecule has 1 saturated heterocycles. The van der Waals surface area contributed by atoms with E-state index in [2.05, 4.69) is 15.3 Å². The van der Waals surface area contributed by atoms with Crippen LogP contribution in [0.5, 0.6) is 5.75 Å². The van der Waals surface area contributed by atoms with Gasteiger partial charge in [-0.05, 0) is 57.2 Å². The minimum absolute atomic E-state index is 0.0408. The molecule has 0 bridgehead atoms. The average Bonchev–Trinajstić information content (AvgIpc) is 3.20. The maximum absolute atomic E-state index is 13.8. The van der Waals surface area contributed by atoms with Crippen molar-refractivity contribution in [2.24, 2.45) is 0 Å². The van der Waals surface area contributed by atoms with Gasteiger partial charge in [0.15, 0.2) is 0 Å². The van der Waals surface area contributed by atoms with Crippen molar-refractivity contribution >= 4 is 11.0 Å². The van der Waals surface area contributed by atoms with E-state index in [1.54, 1.807) is 19.9 Å². The lowest BCUT2D eigenvalue weighted by Gasteiger charge is -2.35. The predicted molar refractivity (Wildman–Crippen MR) is 118 cm³/mol. The van der Waals surface area contributed by atoms with Crippen LogP contribution >= 0.6 is 0 Å². The number of rotatable bonds is 6. The number of fused-ring (bicyclic) bond motifs is 1. The van der Waals surface area contributed by atoms with E-state index < -0.39 is 18.2 Å². The molecule has 1 aromatic carbocycles. The van der Waals surface area contributed by atoms with Gasteiger partial charge in [-0.1, -0.05) is 6.07 Å². The van der Waals surface area contributed by atoms with E-state index in [0.29, 0.717) is 6.42 Å². The molecule has 4 rings (SSSR count). The van der Waals surface area contributed by atoms with Crippen molar-refractivity contribution in [2.75, 3.05) is 6.61 Å². The third kappa shape index (κ3) is 5.16. The second kappa shape index (κ2) is 9.48. The smallest absolute Gasteiger partial charge is 0.418 e. The number of nitrogens with one attached hydrogen (secondary N) is 1. The highest BCUT2D eigenvalue weighted by Gasteiger charge is 2.35. The number of hydrogen-bond acceptors (Lipinski definition) is 4. The van der Waals surface area contributed by atoms with Crippen LogP contribution in [0.3, 0.4) is 0 Å². The molecule has 3 atom stereocenters. The van der Waals surface area contributed by atoms with Crippen LogP contribution in [0.1, 0.15) is 68.8 Å². The summed E-state index contributed by atoms with van der Waals surface area (Å²) in [4.78, 5) is 8.02. The summed E-state index contributed by atoms with van der Waals surface area (Å²) in [6.45, 7) is 5.77. The Balaban J connectivity index is 1.51. The number of pyridine rings is 1. The number of ether oxygens (including phenoxy) is 1. The van der Waals surface area contributed by atoms with Crippen LogP contribution < -0.4 is 10.1 Å². The highest BCUT2D eigenvalue weighted by molar-refractivity contribution is 5.81. The zero-order valence-electron chi connectivity index (χ0n) is 19.1. The van der Waals surface area contributed by atoms with Gasteiger partial charge in [-0.2, -0.15) is 13.2 Å². The molecule has 0 saturated carbocycles. The van der Waals surface area contributed by atoms with Gasteiger partial charge in [0.05, 0.1) is 22.9 Å². The van der Waals surface area contributed by atoms with Gasteiger partial charge in [-0.3, -0.25) is 4.98 Å². The normalized spacial score (nSPS) is 21.5. The average molecular weight is 482 g/mol. The molecule has 3 heterocycles. The molecule has 2 aromatic heterocycles. The number of aromatic nitrogens is 3. The van der Waals surface area contributed by atoms with Crippen molar-refractivity contribution in [2.45, 2.75) is 70.3 Å². The highest BCUT2D eigenvalue weighted by Crippen LogP contribution is 2.38. The van der Waals surface area contributed by atoms with Crippen LogP contribution in [0.15, 0.2) is 36.8 Å². The van der Waals surface area contributed by atoms with Gasteiger partial charge < -0.3 is 14.6 Å². The van der Waals surface area contributed by atoms with Crippen molar-refractivity contribution < 1.29 is 26.7 Å². The number of alkyl halides is 5. The first-order valence-corrected chi connectivity index (χ1v) is 11.2. The van der Waals surface area contributed by atoms with Crippen molar-refractivity contribution in [1.82, 2.24) is 19.9 Å². The Morgan fingerprint density at radius 1 is 1.15 bits per heavy atom. The zero-order valence-corrected chi connectivity index (χ0v) is 19.1. The molecule has 0 aliphatic carbocycles. The Morgan fingerprint density at radius 2 is 1.91 bits per heavy atom. The quantitative estimate of drug-likeness (QED) is 0.421. The van der Waals surface area contributed by atoms with E-state index in [0.717, 1.165) is 18.1 Å². The summed E-state index contributed by atoms with van der Waals surface area (Å²) in [5.41, 5.74) is 0.0917. The maximum atomic E-state index is 13.8. The van der Waals surface area contributed by atoms with Crippen LogP contribution in [0.2, 0.25) is 0 Å². The van der Waals surface area contributed by atoms with Gasteiger partial charge in [0.1, 0.15) is 18.1 Å². The van der Waals surface area contributed by atoms with Gasteiger partial charge >= 0.3 is 6.18 Å². The highest BCUT2D eigenvalue weighted by atomic mass is 19.4. The standard InChI is InChI=1S/C24H27F5N4O/c1-13(2)33-12-31-21-9-18(8-19(22(21)33)24(27,28)29)34-11-17-7-16(6-14(3)32-17)15-4-5-20(23(25)26)30-10-15/h4-5,8-10,12-14,16-17,23,32H,6-7,11H2,1-3H3. The molecule has 0 amide bonds. The van der Waals surface area contributed by atoms with E-state index in [-0.39, 0.29) is 53.1 Å². The van der Waals surface area contributed by atoms with Gasteiger partial charge in [0.2, 0.25) is 0 Å². The molecule has 1 aliphatic rings. The summed E-state index contributed by atoms with van der Waals surface area (Å²) in [6.07, 6.45) is -2.83. The first-order chi connectivity index (χ1) is 16.0. The lowest BCUT2D eigenvalue weighted by atomic mass is 9.84. The molecule has 1 fully saturated rings. The van der Waals surface area contributed by atoms with E-state index in [9.17, 15) is 22.0 Å². The number of nitrogens with zero attached hydrogens (tertiary/aromatic N) is 3. The monoisotopic (exact) mass is 482 g/mol. The fourth-order valence-corrected chi connectivity index (χ4v) is 4.61. The Morgan fingerprint density at radius 3 is 2.53 bits per heavy atom. The van der Waals surface area contributed by atoms with Gasteiger partial charge in [0, 0.05) is 30.4 Å². The van der Waals surface area contributed by atoms with Crippen molar-refractivity contribution in [1.29, 1.82) is 0 Å². The van der Waals surface area contributed by atoms with Crippen LogP contribution in [-0.4, -0.2) is 33.2 Å². The summed E-state index contributed by atoms with van der Waals surface area (Å²) in [5.74, 6) is 0.187. The predicted octanol–water partition coefficient (Wildman–Crippen LogP) is 6.27. The van der Waals surface area contributed by atoms with Gasteiger partial charge in [-0.15, -0.1) is 0 Å². The lowest BCUT2D eigenvalue weighted by molar-refractivity contribution is -0.136. The van der Waals surface area contributed by atoms with Crippen molar-refractivity contribution in [3.05, 3.63) is 53.6 Å². The molecule has 184 valence electrons. The SMILES string of the molecule is CC1CC(c2ccc(C(F)F)nc2)CC(COc2cc(C(F)(F)F)c3c(c2)ncn3C(C)C)N1. The molecule has 1 aliphatic heterocycles. The number of imidazole rings is 1. The Bertz CT molecular complexity index is 1130. The van der Waals surface area contributed by atoms with E-state index in [1.807, 2.05) is 6.92 Å². The fourth-order valence-electron chi connectivity index (χ4n) is 4.61. The lowest BCUT2D eigenvalue weighted by Crippen LogP contribution is -2.46. The number of hydrogen-bond donors (Lipinski definition) is 1. The Hall–Kier alpha value is -2.75. The molecular formula is C24H27F5N4O. The molecular weight excluding hydrogens is 455 g/mol. The van der Waals surface area contributed by atoms with Crippen LogP contribution in [0.4, 0.5) is 22.0 Å². The second-order valence-electron chi connectivity index (χ2n) is 9.14. The van der Waals surface area contributed by atoms with Gasteiger partial charge in [-0.25, -0.2) is 13.8 Å². The maximum Gasteiger partial charge on any atom is 0.418 e. The van der Waals surface area contributed by atoms with Crippen LogP contribution in [0.25, 0.3) is 11.0 Å². The number of piperidine rings is 1. The molecule has 1 N–H and O–H groups in total. The summed E-state index contributed by atoms with van der Waals surface area (Å²) in [7, 11) is 0. The number of benzene rings is 1. The summed E-state index contributed by atoms with van der Waals surface area (Å²) in [5, 5.41) is 3.41. The summed E-state index contributed by atoms with van der Waals surface area (Å²) < 4.78 is 74.4. The topological polar surface area (TPSA) is 52.0 Å². The molecule has 3 unspecified atom stereocenters. The third-order valence-corrected chi connectivity index (χ3v) is 6.19. The molecule has 10 heteroatoms. The largest absolute Gasteiger partial charge is 0.492 e. The van der Waals surface area contributed by atoms with Crippen molar-refractivity contribution in [3.63, 3.8) is 0 Å². The molecule has 34 heavy (non-hydrogen) atoms.